The number of carbonyl (C=O) groups excluding carboxylic acids is 2. The number of non-ortho nitro benzene ring substituents is 1. The van der Waals surface area contributed by atoms with Crippen molar-refractivity contribution in [3.63, 3.8) is 0 Å². The van der Waals surface area contributed by atoms with Gasteiger partial charge in [0.25, 0.3) is 11.6 Å². The van der Waals surface area contributed by atoms with Crippen molar-refractivity contribution in [2.24, 2.45) is 5.84 Å². The van der Waals surface area contributed by atoms with E-state index in [0.29, 0.717) is 24.9 Å². The molecule has 0 fully saturated rings. The summed E-state index contributed by atoms with van der Waals surface area (Å²) in [4.78, 5) is 37.2. The molecule has 1 aromatic heterocycles. The number of unbranched alkanes of at least 4 members (excludes halogenated alkanes) is 3. The predicted molar refractivity (Wildman–Crippen MR) is 122 cm³/mol. The summed E-state index contributed by atoms with van der Waals surface area (Å²) >= 11 is 0. The molecule has 2 amide bonds. The van der Waals surface area contributed by atoms with Gasteiger partial charge >= 0.3 is 0 Å². The molecule has 3 rings (SSSR count). The molecule has 0 atom stereocenters. The second kappa shape index (κ2) is 11.1. The minimum absolute atomic E-state index is 0.0615. The number of nitrogens with two attached hydrogens (primary N) is 1. The van der Waals surface area contributed by atoms with Crippen LogP contribution >= 0.6 is 0 Å². The zero-order valence-corrected chi connectivity index (χ0v) is 17.7. The molecule has 9 heteroatoms. The van der Waals surface area contributed by atoms with Crippen molar-refractivity contribution in [3.05, 3.63) is 75.5 Å². The number of aromatic amines is 1. The molecule has 3 aromatic rings. The van der Waals surface area contributed by atoms with E-state index in [2.05, 4.69) is 15.7 Å². The Hall–Kier alpha value is -3.72. The number of rotatable bonds is 11. The maximum absolute atomic E-state index is 12.3. The predicted octanol–water partition coefficient (Wildman–Crippen LogP) is 3.34. The lowest BCUT2D eigenvalue weighted by atomic mass is 10.0. The van der Waals surface area contributed by atoms with Crippen LogP contribution in [-0.2, 0) is 11.2 Å². The number of nitro groups is 1. The molecule has 9 nitrogen and oxygen atoms in total. The van der Waals surface area contributed by atoms with Gasteiger partial charge in [-0.05, 0) is 48.6 Å². The standard InChI is InChI=1S/C23H27N5O4/c24-27-22(29)5-3-1-2-4-12-25-23(30)17-8-6-16(7-9-17)13-18-15-26-21-11-10-19(28(31)32)14-20(18)21/h6-11,14-15,26H,1-5,12-13,24H2,(H,25,30)(H,27,29). The Balaban J connectivity index is 1.48. The Morgan fingerprint density at radius 3 is 2.50 bits per heavy atom. The van der Waals surface area contributed by atoms with Crippen molar-refractivity contribution < 1.29 is 14.5 Å². The fraction of sp³-hybridized carbons (Fsp3) is 0.304. The van der Waals surface area contributed by atoms with Crippen molar-refractivity contribution in [2.75, 3.05) is 6.54 Å². The molecule has 2 aromatic carbocycles. The number of nitro benzene ring substituents is 1. The first kappa shape index (κ1) is 23.0. The number of benzene rings is 2. The summed E-state index contributed by atoms with van der Waals surface area (Å²) in [7, 11) is 0. The van der Waals surface area contributed by atoms with Gasteiger partial charge in [0.1, 0.15) is 0 Å². The van der Waals surface area contributed by atoms with E-state index >= 15 is 0 Å². The van der Waals surface area contributed by atoms with Crippen molar-refractivity contribution in [2.45, 2.75) is 38.5 Å². The summed E-state index contributed by atoms with van der Waals surface area (Å²) in [5.74, 6) is 4.75. The quantitative estimate of drug-likeness (QED) is 0.120. The van der Waals surface area contributed by atoms with Gasteiger partial charge < -0.3 is 10.3 Å². The van der Waals surface area contributed by atoms with Gasteiger partial charge in [0.2, 0.25) is 5.91 Å². The summed E-state index contributed by atoms with van der Waals surface area (Å²) in [6, 6.07) is 12.1. The normalized spacial score (nSPS) is 10.8. The number of nitrogens with one attached hydrogen (secondary N) is 3. The van der Waals surface area contributed by atoms with Crippen LogP contribution in [0.2, 0.25) is 0 Å². The maximum Gasteiger partial charge on any atom is 0.270 e. The van der Waals surface area contributed by atoms with Crippen molar-refractivity contribution in [1.82, 2.24) is 15.7 Å². The Morgan fingerprint density at radius 1 is 1.03 bits per heavy atom. The number of amides is 2. The molecule has 5 N–H and O–H groups in total. The largest absolute Gasteiger partial charge is 0.361 e. The molecule has 0 spiro atoms. The van der Waals surface area contributed by atoms with Gasteiger partial charge in [-0.15, -0.1) is 0 Å². The van der Waals surface area contributed by atoms with Gasteiger partial charge in [0.05, 0.1) is 4.92 Å². The van der Waals surface area contributed by atoms with Crippen LogP contribution in [0.5, 0.6) is 0 Å². The number of carbonyl (C=O) groups is 2. The van der Waals surface area contributed by atoms with Crippen LogP contribution in [-0.4, -0.2) is 28.3 Å². The molecule has 0 aliphatic heterocycles. The summed E-state index contributed by atoms with van der Waals surface area (Å²) < 4.78 is 0. The molecule has 32 heavy (non-hydrogen) atoms. The zero-order chi connectivity index (χ0) is 22.9. The number of H-pyrrole nitrogens is 1. The van der Waals surface area contributed by atoms with E-state index in [1.165, 1.54) is 6.07 Å². The van der Waals surface area contributed by atoms with E-state index in [-0.39, 0.29) is 17.5 Å². The van der Waals surface area contributed by atoms with E-state index in [4.69, 9.17) is 5.84 Å². The molecule has 168 valence electrons. The van der Waals surface area contributed by atoms with Gasteiger partial charge in [-0.3, -0.25) is 25.1 Å². The van der Waals surface area contributed by atoms with Gasteiger partial charge in [-0.1, -0.05) is 25.0 Å². The Labute approximate surface area is 185 Å². The maximum atomic E-state index is 12.3. The second-order valence-corrected chi connectivity index (χ2v) is 7.66. The number of nitrogens with zero attached hydrogens (tertiary/aromatic N) is 1. The summed E-state index contributed by atoms with van der Waals surface area (Å²) in [6.45, 7) is 0.581. The Bertz CT molecular complexity index is 1090. The number of hydrogen-bond acceptors (Lipinski definition) is 5. The smallest absolute Gasteiger partial charge is 0.270 e. The highest BCUT2D eigenvalue weighted by molar-refractivity contribution is 5.94. The highest BCUT2D eigenvalue weighted by Crippen LogP contribution is 2.25. The number of hydrazine groups is 1. The number of hydrogen-bond donors (Lipinski definition) is 4. The van der Waals surface area contributed by atoms with E-state index < -0.39 is 4.92 Å². The number of fused-ring (bicyclic) bond motifs is 1. The highest BCUT2D eigenvalue weighted by Gasteiger charge is 2.11. The van der Waals surface area contributed by atoms with E-state index in [0.717, 1.165) is 47.7 Å². The first-order chi connectivity index (χ1) is 15.5. The van der Waals surface area contributed by atoms with Crippen LogP contribution in [0, 0.1) is 10.1 Å². The van der Waals surface area contributed by atoms with Crippen LogP contribution in [0.15, 0.2) is 48.7 Å². The molecule has 0 aliphatic carbocycles. The number of aromatic nitrogens is 1. The van der Waals surface area contributed by atoms with Gasteiger partial charge in [0, 0.05) is 47.8 Å². The van der Waals surface area contributed by atoms with E-state index in [1.54, 1.807) is 24.3 Å². The molecule has 0 aliphatic rings. The van der Waals surface area contributed by atoms with Crippen molar-refractivity contribution in [1.29, 1.82) is 0 Å². The molecule has 0 saturated carbocycles. The summed E-state index contributed by atoms with van der Waals surface area (Å²) in [5, 5.41) is 14.8. The first-order valence-corrected chi connectivity index (χ1v) is 10.6. The molecular weight excluding hydrogens is 410 g/mol. The third-order valence-electron chi connectivity index (χ3n) is 5.35. The average Bonchev–Trinajstić information content (AvgIpc) is 3.20. The molecule has 0 bridgehead atoms. The van der Waals surface area contributed by atoms with Crippen LogP contribution in [0.25, 0.3) is 10.9 Å². The van der Waals surface area contributed by atoms with E-state index in [1.807, 2.05) is 18.3 Å². The molecular formula is C23H27N5O4. The summed E-state index contributed by atoms with van der Waals surface area (Å²) in [5.41, 5.74) is 5.58. The third kappa shape index (κ3) is 6.14. The lowest BCUT2D eigenvalue weighted by Crippen LogP contribution is -2.29. The van der Waals surface area contributed by atoms with Crippen molar-refractivity contribution in [3.8, 4) is 0 Å². The summed E-state index contributed by atoms with van der Waals surface area (Å²) in [6.07, 6.45) is 6.35. The first-order valence-electron chi connectivity index (χ1n) is 10.6. The Kier molecular flexibility index (Phi) is 7.93. The molecule has 0 radical (unpaired) electrons. The fourth-order valence-corrected chi connectivity index (χ4v) is 3.56. The molecule has 0 unspecified atom stereocenters. The van der Waals surface area contributed by atoms with Crippen LogP contribution in [0.3, 0.4) is 0 Å². The minimum Gasteiger partial charge on any atom is -0.361 e. The van der Waals surface area contributed by atoms with Crippen LogP contribution < -0.4 is 16.6 Å². The molecule has 1 heterocycles. The minimum atomic E-state index is -0.399. The second-order valence-electron chi connectivity index (χ2n) is 7.66. The monoisotopic (exact) mass is 437 g/mol. The third-order valence-corrected chi connectivity index (χ3v) is 5.35. The fourth-order valence-electron chi connectivity index (χ4n) is 3.56. The average molecular weight is 438 g/mol. The van der Waals surface area contributed by atoms with E-state index in [9.17, 15) is 19.7 Å². The van der Waals surface area contributed by atoms with Crippen LogP contribution in [0.4, 0.5) is 5.69 Å². The van der Waals surface area contributed by atoms with Crippen molar-refractivity contribution >= 4 is 28.4 Å². The SMILES string of the molecule is NNC(=O)CCCCCCNC(=O)c1ccc(Cc2c[nH]c3ccc([N+](=O)[O-])cc23)cc1. The molecule has 0 saturated heterocycles. The Morgan fingerprint density at radius 2 is 1.78 bits per heavy atom. The van der Waals surface area contributed by atoms with Gasteiger partial charge in [-0.25, -0.2) is 5.84 Å². The zero-order valence-electron chi connectivity index (χ0n) is 17.7. The lowest BCUT2D eigenvalue weighted by Gasteiger charge is -2.07. The topological polar surface area (TPSA) is 143 Å². The van der Waals surface area contributed by atoms with Crippen LogP contribution in [0.1, 0.15) is 53.6 Å². The van der Waals surface area contributed by atoms with Gasteiger partial charge in [-0.2, -0.15) is 0 Å². The van der Waals surface area contributed by atoms with Gasteiger partial charge in [0.15, 0.2) is 0 Å². The lowest BCUT2D eigenvalue weighted by molar-refractivity contribution is -0.384. The highest BCUT2D eigenvalue weighted by atomic mass is 16.6.